The van der Waals surface area contributed by atoms with Gasteiger partial charge in [-0.05, 0) is 29.9 Å². The normalized spacial score (nSPS) is 17.0. The van der Waals surface area contributed by atoms with E-state index >= 15 is 0 Å². The molecular formula is C18H18ClNO. The molecule has 1 saturated carbocycles. The van der Waals surface area contributed by atoms with Gasteiger partial charge in [-0.3, -0.25) is 4.79 Å². The molecule has 0 radical (unpaired) electrons. The first-order valence-electron chi connectivity index (χ1n) is 7.30. The minimum atomic E-state index is -0.642. The lowest BCUT2D eigenvalue weighted by Gasteiger charge is -2.20. The van der Waals surface area contributed by atoms with Crippen LogP contribution in [-0.2, 0) is 4.79 Å². The second-order valence-electron chi connectivity index (χ2n) is 5.51. The largest absolute Gasteiger partial charge is 0.347 e. The van der Waals surface area contributed by atoms with Crippen molar-refractivity contribution in [3.05, 3.63) is 71.8 Å². The van der Waals surface area contributed by atoms with E-state index in [-0.39, 0.29) is 11.9 Å². The number of alkyl halides is 1. The third-order valence-corrected chi connectivity index (χ3v) is 4.32. The lowest BCUT2D eigenvalue weighted by atomic mass is 10.0. The lowest BCUT2D eigenvalue weighted by Crippen LogP contribution is -2.32. The molecule has 2 aromatic rings. The van der Waals surface area contributed by atoms with E-state index in [1.165, 1.54) is 0 Å². The van der Waals surface area contributed by atoms with Crippen molar-refractivity contribution in [3.63, 3.8) is 0 Å². The van der Waals surface area contributed by atoms with E-state index in [4.69, 9.17) is 11.6 Å². The Hall–Kier alpha value is -1.80. The van der Waals surface area contributed by atoms with E-state index in [1.807, 2.05) is 48.5 Å². The topological polar surface area (TPSA) is 29.1 Å². The molecule has 0 spiro atoms. The van der Waals surface area contributed by atoms with Crippen molar-refractivity contribution >= 4 is 17.5 Å². The number of rotatable bonds is 5. The standard InChI is InChI=1S/C18H18ClNO/c19-16(13-7-3-1-4-8-13)18(21)20-17(15-11-12-15)14-9-5-2-6-10-14/h1-10,15-17H,11-12H2,(H,20,21). The van der Waals surface area contributed by atoms with Crippen LogP contribution in [0.1, 0.15) is 35.4 Å². The maximum Gasteiger partial charge on any atom is 0.243 e. The van der Waals surface area contributed by atoms with Crippen LogP contribution in [0.2, 0.25) is 0 Å². The van der Waals surface area contributed by atoms with Gasteiger partial charge in [-0.25, -0.2) is 0 Å². The molecule has 2 aromatic carbocycles. The Bertz CT molecular complexity index is 595. The average Bonchev–Trinajstić information content (AvgIpc) is 3.38. The van der Waals surface area contributed by atoms with Crippen LogP contribution in [0.5, 0.6) is 0 Å². The molecule has 108 valence electrons. The summed E-state index contributed by atoms with van der Waals surface area (Å²) in [5, 5.41) is 2.48. The highest BCUT2D eigenvalue weighted by Gasteiger charge is 2.34. The Kier molecular flexibility index (Phi) is 4.26. The molecule has 1 amide bonds. The molecule has 2 atom stereocenters. The van der Waals surface area contributed by atoms with Gasteiger partial charge in [-0.15, -0.1) is 11.6 Å². The first-order valence-corrected chi connectivity index (χ1v) is 7.73. The fourth-order valence-corrected chi connectivity index (χ4v) is 2.77. The van der Waals surface area contributed by atoms with Crippen LogP contribution >= 0.6 is 11.6 Å². The van der Waals surface area contributed by atoms with Crippen molar-refractivity contribution in [1.29, 1.82) is 0 Å². The average molecular weight is 300 g/mol. The first-order chi connectivity index (χ1) is 10.3. The Morgan fingerprint density at radius 1 is 0.952 bits per heavy atom. The second-order valence-corrected chi connectivity index (χ2v) is 5.94. The van der Waals surface area contributed by atoms with Gasteiger partial charge in [0.25, 0.3) is 0 Å². The molecule has 2 unspecified atom stereocenters. The van der Waals surface area contributed by atoms with Crippen LogP contribution in [0.25, 0.3) is 0 Å². The van der Waals surface area contributed by atoms with Gasteiger partial charge in [0.2, 0.25) is 5.91 Å². The molecule has 0 heterocycles. The van der Waals surface area contributed by atoms with Gasteiger partial charge in [0.1, 0.15) is 5.38 Å². The highest BCUT2D eigenvalue weighted by atomic mass is 35.5. The minimum absolute atomic E-state index is 0.0728. The number of nitrogens with one attached hydrogen (secondary N) is 1. The van der Waals surface area contributed by atoms with Gasteiger partial charge in [-0.1, -0.05) is 60.7 Å². The lowest BCUT2D eigenvalue weighted by molar-refractivity contribution is -0.121. The molecule has 0 aromatic heterocycles. The highest BCUT2D eigenvalue weighted by molar-refractivity contribution is 6.30. The Balaban J connectivity index is 1.73. The van der Waals surface area contributed by atoms with Crippen molar-refractivity contribution in [2.24, 2.45) is 5.92 Å². The van der Waals surface area contributed by atoms with Gasteiger partial charge in [-0.2, -0.15) is 0 Å². The van der Waals surface area contributed by atoms with Crippen LogP contribution < -0.4 is 5.32 Å². The highest BCUT2D eigenvalue weighted by Crippen LogP contribution is 2.41. The summed E-state index contributed by atoms with van der Waals surface area (Å²) >= 11 is 6.30. The molecule has 3 rings (SSSR count). The maximum atomic E-state index is 12.4. The van der Waals surface area contributed by atoms with Crippen molar-refractivity contribution in [1.82, 2.24) is 5.32 Å². The van der Waals surface area contributed by atoms with Crippen molar-refractivity contribution in [2.45, 2.75) is 24.3 Å². The van der Waals surface area contributed by atoms with Crippen molar-refractivity contribution in [2.75, 3.05) is 0 Å². The Morgan fingerprint density at radius 3 is 2.00 bits per heavy atom. The van der Waals surface area contributed by atoms with Gasteiger partial charge in [0.05, 0.1) is 6.04 Å². The molecule has 1 N–H and O–H groups in total. The summed E-state index contributed by atoms with van der Waals surface area (Å²) in [4.78, 5) is 12.4. The third-order valence-electron chi connectivity index (χ3n) is 3.87. The van der Waals surface area contributed by atoms with E-state index in [1.54, 1.807) is 0 Å². The number of carbonyl (C=O) groups is 1. The molecule has 0 bridgehead atoms. The Morgan fingerprint density at radius 2 is 1.48 bits per heavy atom. The fraction of sp³-hybridized carbons (Fsp3) is 0.278. The summed E-state index contributed by atoms with van der Waals surface area (Å²) in [6, 6.07) is 19.7. The smallest absolute Gasteiger partial charge is 0.243 e. The number of amides is 1. The quantitative estimate of drug-likeness (QED) is 0.822. The van der Waals surface area contributed by atoms with Gasteiger partial charge in [0.15, 0.2) is 0 Å². The van der Waals surface area contributed by atoms with Crippen LogP contribution in [0.3, 0.4) is 0 Å². The number of benzene rings is 2. The van der Waals surface area contributed by atoms with E-state index < -0.39 is 5.38 Å². The molecule has 21 heavy (non-hydrogen) atoms. The van der Waals surface area contributed by atoms with E-state index in [0.717, 1.165) is 24.0 Å². The molecule has 2 nitrogen and oxygen atoms in total. The zero-order valence-corrected chi connectivity index (χ0v) is 12.5. The molecule has 1 aliphatic rings. The molecule has 3 heteroatoms. The number of halogens is 1. The number of carbonyl (C=O) groups excluding carboxylic acids is 1. The monoisotopic (exact) mass is 299 g/mol. The zero-order valence-electron chi connectivity index (χ0n) is 11.7. The van der Waals surface area contributed by atoms with E-state index in [2.05, 4.69) is 17.4 Å². The summed E-state index contributed by atoms with van der Waals surface area (Å²) in [6.45, 7) is 0. The summed E-state index contributed by atoms with van der Waals surface area (Å²) in [7, 11) is 0. The SMILES string of the molecule is O=C(NC(c1ccccc1)C1CC1)C(Cl)c1ccccc1. The summed E-state index contributed by atoms with van der Waals surface area (Å²) in [5.41, 5.74) is 1.99. The number of hydrogen-bond donors (Lipinski definition) is 1. The molecule has 0 saturated heterocycles. The minimum Gasteiger partial charge on any atom is -0.347 e. The Labute approximate surface area is 130 Å². The maximum absolute atomic E-state index is 12.4. The molecule has 0 aliphatic heterocycles. The molecule has 1 aliphatic carbocycles. The number of hydrogen-bond acceptors (Lipinski definition) is 1. The molecular weight excluding hydrogens is 282 g/mol. The van der Waals surface area contributed by atoms with Gasteiger partial charge < -0.3 is 5.32 Å². The van der Waals surface area contributed by atoms with Crippen LogP contribution in [0.4, 0.5) is 0 Å². The first kappa shape index (κ1) is 14.2. The van der Waals surface area contributed by atoms with E-state index in [9.17, 15) is 4.79 Å². The summed E-state index contributed by atoms with van der Waals surface area (Å²) in [6.07, 6.45) is 2.33. The molecule has 1 fully saturated rings. The summed E-state index contributed by atoms with van der Waals surface area (Å²) in [5.74, 6) is 0.416. The second kappa shape index (κ2) is 6.31. The summed E-state index contributed by atoms with van der Waals surface area (Å²) < 4.78 is 0. The van der Waals surface area contributed by atoms with Crippen LogP contribution in [0.15, 0.2) is 60.7 Å². The predicted molar refractivity (Wildman–Crippen MR) is 85.1 cm³/mol. The van der Waals surface area contributed by atoms with Gasteiger partial charge in [0, 0.05) is 0 Å². The van der Waals surface area contributed by atoms with E-state index in [0.29, 0.717) is 5.92 Å². The van der Waals surface area contributed by atoms with Crippen molar-refractivity contribution in [3.8, 4) is 0 Å². The predicted octanol–water partition coefficient (Wildman–Crippen LogP) is 4.23. The van der Waals surface area contributed by atoms with Crippen LogP contribution in [-0.4, -0.2) is 5.91 Å². The van der Waals surface area contributed by atoms with Crippen LogP contribution in [0, 0.1) is 5.92 Å². The van der Waals surface area contributed by atoms with Crippen molar-refractivity contribution < 1.29 is 4.79 Å². The third kappa shape index (κ3) is 3.45. The fourth-order valence-electron chi connectivity index (χ4n) is 2.56. The van der Waals surface area contributed by atoms with Gasteiger partial charge >= 0.3 is 0 Å². The zero-order chi connectivity index (χ0) is 14.7.